The summed E-state index contributed by atoms with van der Waals surface area (Å²) in [5, 5.41) is 11.7. The highest BCUT2D eigenvalue weighted by molar-refractivity contribution is 5.79. The van der Waals surface area contributed by atoms with Gasteiger partial charge in [0.05, 0.1) is 5.92 Å². The van der Waals surface area contributed by atoms with Crippen LogP contribution in [-0.2, 0) is 11.2 Å². The number of nitrogens with one attached hydrogen (secondary N) is 1. The molecule has 1 N–H and O–H groups in total. The van der Waals surface area contributed by atoms with E-state index in [4.69, 9.17) is 0 Å². The third-order valence-corrected chi connectivity index (χ3v) is 5.08. The summed E-state index contributed by atoms with van der Waals surface area (Å²) in [4.78, 5) is 18.8. The van der Waals surface area contributed by atoms with Gasteiger partial charge in [0, 0.05) is 32.0 Å². The van der Waals surface area contributed by atoms with Crippen molar-refractivity contribution in [3.05, 3.63) is 66.7 Å². The van der Waals surface area contributed by atoms with E-state index in [1.165, 1.54) is 5.56 Å². The summed E-state index contributed by atoms with van der Waals surface area (Å²) < 4.78 is 1.82. The summed E-state index contributed by atoms with van der Waals surface area (Å²) in [7, 11) is 0. The first-order valence-electron chi connectivity index (χ1n) is 9.68. The average molecular weight is 376 g/mol. The first-order valence-corrected chi connectivity index (χ1v) is 9.68. The molecular formula is C21H24N6O. The summed E-state index contributed by atoms with van der Waals surface area (Å²) in [5.41, 5.74) is 1.24. The van der Waals surface area contributed by atoms with E-state index in [0.717, 1.165) is 37.4 Å². The van der Waals surface area contributed by atoms with E-state index in [1.807, 2.05) is 41.1 Å². The Morgan fingerprint density at radius 3 is 2.68 bits per heavy atom. The summed E-state index contributed by atoms with van der Waals surface area (Å²) in [5.74, 6) is 1.65. The van der Waals surface area contributed by atoms with Crippen LogP contribution in [0.15, 0.2) is 61.2 Å². The number of hydrogen-bond acceptors (Lipinski definition) is 5. The molecule has 3 aromatic rings. The number of amides is 1. The highest BCUT2D eigenvalue weighted by Crippen LogP contribution is 2.21. The van der Waals surface area contributed by atoms with Crippen LogP contribution in [0.5, 0.6) is 0 Å². The zero-order valence-corrected chi connectivity index (χ0v) is 15.7. The number of anilines is 1. The van der Waals surface area contributed by atoms with Gasteiger partial charge in [-0.15, -0.1) is 10.2 Å². The number of benzene rings is 1. The minimum atomic E-state index is -0.0142. The number of imidazole rings is 1. The average Bonchev–Trinajstić information content (AvgIpc) is 3.30. The molecule has 0 saturated carbocycles. The second-order valence-electron chi connectivity index (χ2n) is 7.03. The number of carbonyl (C=O) groups excluding carboxylic acids is 1. The van der Waals surface area contributed by atoms with Gasteiger partial charge in [-0.1, -0.05) is 30.3 Å². The van der Waals surface area contributed by atoms with Crippen molar-refractivity contribution in [3.63, 3.8) is 0 Å². The largest absolute Gasteiger partial charge is 0.355 e. The van der Waals surface area contributed by atoms with E-state index in [2.05, 4.69) is 37.5 Å². The Morgan fingerprint density at radius 1 is 1.11 bits per heavy atom. The van der Waals surface area contributed by atoms with Gasteiger partial charge in [0.15, 0.2) is 11.6 Å². The normalized spacial score (nSPS) is 16.7. The Morgan fingerprint density at radius 2 is 1.93 bits per heavy atom. The fourth-order valence-electron chi connectivity index (χ4n) is 3.54. The fourth-order valence-corrected chi connectivity index (χ4v) is 3.54. The number of nitrogens with zero attached hydrogens (tertiary/aromatic N) is 5. The molecule has 0 bridgehead atoms. The third-order valence-electron chi connectivity index (χ3n) is 5.08. The van der Waals surface area contributed by atoms with Crippen LogP contribution in [-0.4, -0.2) is 45.3 Å². The van der Waals surface area contributed by atoms with E-state index in [-0.39, 0.29) is 11.8 Å². The zero-order chi connectivity index (χ0) is 19.2. The van der Waals surface area contributed by atoms with Crippen molar-refractivity contribution in [2.75, 3.05) is 24.5 Å². The Bertz CT molecular complexity index is 879. The Hall–Kier alpha value is -3.22. The minimum absolute atomic E-state index is 0.0142. The standard InChI is InChI=1S/C21H24N6O/c28-21(23-11-10-17-5-2-1-3-6-17)18-7-4-13-26(15-18)19-8-9-20(25-24-19)27-14-12-22-16-27/h1-3,5-6,8-9,12,14,16,18H,4,7,10-11,13,15H2,(H,23,28). The maximum atomic E-state index is 12.6. The predicted molar refractivity (Wildman–Crippen MR) is 107 cm³/mol. The van der Waals surface area contributed by atoms with Crippen molar-refractivity contribution in [1.29, 1.82) is 0 Å². The van der Waals surface area contributed by atoms with Crippen LogP contribution in [0, 0.1) is 5.92 Å². The number of rotatable bonds is 6. The summed E-state index contributed by atoms with van der Waals surface area (Å²) in [6.45, 7) is 2.24. The molecule has 7 nitrogen and oxygen atoms in total. The van der Waals surface area contributed by atoms with Crippen molar-refractivity contribution < 1.29 is 4.79 Å². The number of aromatic nitrogens is 4. The Kier molecular flexibility index (Phi) is 5.61. The number of carbonyl (C=O) groups is 1. The minimum Gasteiger partial charge on any atom is -0.355 e. The van der Waals surface area contributed by atoms with Crippen LogP contribution < -0.4 is 10.2 Å². The first kappa shape index (κ1) is 18.2. The van der Waals surface area contributed by atoms with Gasteiger partial charge >= 0.3 is 0 Å². The first-order chi connectivity index (χ1) is 13.8. The van der Waals surface area contributed by atoms with Crippen molar-refractivity contribution in [2.24, 2.45) is 5.92 Å². The molecule has 0 spiro atoms. The lowest BCUT2D eigenvalue weighted by Crippen LogP contribution is -2.43. The molecule has 0 aliphatic carbocycles. The molecule has 0 radical (unpaired) electrons. The van der Waals surface area contributed by atoms with Gasteiger partial charge in [-0.3, -0.25) is 9.36 Å². The quantitative estimate of drug-likeness (QED) is 0.714. The molecule has 1 unspecified atom stereocenters. The summed E-state index contributed by atoms with van der Waals surface area (Å²) >= 11 is 0. The van der Waals surface area contributed by atoms with Gasteiger partial charge in [-0.25, -0.2) is 4.98 Å². The molecule has 1 aliphatic rings. The summed E-state index contributed by atoms with van der Waals surface area (Å²) in [6, 6.07) is 14.1. The van der Waals surface area contributed by atoms with Gasteiger partial charge in [-0.2, -0.15) is 0 Å². The third kappa shape index (κ3) is 4.36. The van der Waals surface area contributed by atoms with Crippen LogP contribution in [0.3, 0.4) is 0 Å². The number of piperidine rings is 1. The molecular weight excluding hydrogens is 352 g/mol. The van der Waals surface area contributed by atoms with Crippen LogP contribution in [0.4, 0.5) is 5.82 Å². The molecule has 1 fully saturated rings. The fraction of sp³-hybridized carbons (Fsp3) is 0.333. The molecule has 4 rings (SSSR count). The monoisotopic (exact) mass is 376 g/mol. The highest BCUT2D eigenvalue weighted by atomic mass is 16.1. The van der Waals surface area contributed by atoms with Crippen LogP contribution in [0.2, 0.25) is 0 Å². The maximum Gasteiger partial charge on any atom is 0.224 e. The molecule has 1 amide bonds. The van der Waals surface area contributed by atoms with Crippen molar-refractivity contribution in [2.45, 2.75) is 19.3 Å². The number of hydrogen-bond donors (Lipinski definition) is 1. The van der Waals surface area contributed by atoms with Gasteiger partial charge < -0.3 is 10.2 Å². The molecule has 3 heterocycles. The topological polar surface area (TPSA) is 75.9 Å². The van der Waals surface area contributed by atoms with E-state index in [1.54, 1.807) is 12.5 Å². The van der Waals surface area contributed by atoms with Crippen LogP contribution in [0.1, 0.15) is 18.4 Å². The van der Waals surface area contributed by atoms with E-state index >= 15 is 0 Å². The molecule has 1 aromatic carbocycles. The summed E-state index contributed by atoms with van der Waals surface area (Å²) in [6.07, 6.45) is 7.97. The van der Waals surface area contributed by atoms with Crippen molar-refractivity contribution in [3.8, 4) is 5.82 Å². The van der Waals surface area contributed by atoms with E-state index in [0.29, 0.717) is 13.1 Å². The van der Waals surface area contributed by atoms with E-state index in [9.17, 15) is 4.79 Å². The predicted octanol–water partition coefficient (Wildman–Crippen LogP) is 2.24. The van der Waals surface area contributed by atoms with Gasteiger partial charge in [0.2, 0.25) is 5.91 Å². The van der Waals surface area contributed by atoms with Crippen LogP contribution >= 0.6 is 0 Å². The second kappa shape index (κ2) is 8.65. The van der Waals surface area contributed by atoms with Crippen LogP contribution in [0.25, 0.3) is 5.82 Å². The lowest BCUT2D eigenvalue weighted by atomic mass is 9.97. The molecule has 2 aromatic heterocycles. The smallest absolute Gasteiger partial charge is 0.224 e. The molecule has 7 heteroatoms. The Labute approximate surface area is 164 Å². The van der Waals surface area contributed by atoms with E-state index < -0.39 is 0 Å². The molecule has 1 atom stereocenters. The zero-order valence-electron chi connectivity index (χ0n) is 15.7. The van der Waals surface area contributed by atoms with Gasteiger partial charge in [-0.05, 0) is 37.0 Å². The lowest BCUT2D eigenvalue weighted by molar-refractivity contribution is -0.125. The second-order valence-corrected chi connectivity index (χ2v) is 7.03. The maximum absolute atomic E-state index is 12.6. The molecule has 1 aliphatic heterocycles. The SMILES string of the molecule is O=C(NCCc1ccccc1)C1CCCN(c2ccc(-n3ccnc3)nn2)C1. The Balaban J connectivity index is 1.31. The molecule has 28 heavy (non-hydrogen) atoms. The molecule has 1 saturated heterocycles. The lowest BCUT2D eigenvalue weighted by Gasteiger charge is -2.32. The molecule has 144 valence electrons. The van der Waals surface area contributed by atoms with Gasteiger partial charge in [0.25, 0.3) is 0 Å². The van der Waals surface area contributed by atoms with Crippen molar-refractivity contribution >= 4 is 11.7 Å². The highest BCUT2D eigenvalue weighted by Gasteiger charge is 2.26. The van der Waals surface area contributed by atoms with Crippen molar-refractivity contribution in [1.82, 2.24) is 25.1 Å². The van der Waals surface area contributed by atoms with Gasteiger partial charge in [0.1, 0.15) is 6.33 Å².